The van der Waals surface area contributed by atoms with E-state index >= 15 is 0 Å². The summed E-state index contributed by atoms with van der Waals surface area (Å²) >= 11 is 1.63. The Morgan fingerprint density at radius 1 is 1.00 bits per heavy atom. The fourth-order valence-corrected chi connectivity index (χ4v) is 4.38. The molecule has 0 aliphatic carbocycles. The number of urea groups is 1. The van der Waals surface area contributed by atoms with Crippen molar-refractivity contribution in [1.29, 1.82) is 0 Å². The number of aryl methyl sites for hydroxylation is 2. The monoisotopic (exact) mass is 463 g/mol. The van der Waals surface area contributed by atoms with Crippen LogP contribution >= 0.6 is 11.3 Å². The molecule has 0 saturated heterocycles. The van der Waals surface area contributed by atoms with Gasteiger partial charge in [-0.15, -0.1) is 11.3 Å². The SMILES string of the molecule is CCC(C)N(CC(=O)N(Cc1ccccc1)Cc1cccs1)C(=O)Nc1ccc(C)cc1C. The van der Waals surface area contributed by atoms with E-state index in [9.17, 15) is 9.59 Å². The summed E-state index contributed by atoms with van der Waals surface area (Å²) in [4.78, 5) is 31.3. The van der Waals surface area contributed by atoms with E-state index in [-0.39, 0.29) is 24.5 Å². The summed E-state index contributed by atoms with van der Waals surface area (Å²) in [7, 11) is 0. The summed E-state index contributed by atoms with van der Waals surface area (Å²) in [6.45, 7) is 9.07. The van der Waals surface area contributed by atoms with Crippen LogP contribution in [0.15, 0.2) is 66.0 Å². The van der Waals surface area contributed by atoms with E-state index < -0.39 is 0 Å². The van der Waals surface area contributed by atoms with Crippen LogP contribution in [0.25, 0.3) is 0 Å². The summed E-state index contributed by atoms with van der Waals surface area (Å²) in [5, 5.41) is 5.03. The molecular formula is C27H33N3O2S. The first kappa shape index (κ1) is 24.5. The van der Waals surface area contributed by atoms with E-state index in [1.165, 1.54) is 0 Å². The van der Waals surface area contributed by atoms with Crippen LogP contribution in [0.1, 0.15) is 41.8 Å². The zero-order valence-corrected chi connectivity index (χ0v) is 20.7. The maximum Gasteiger partial charge on any atom is 0.322 e. The zero-order valence-electron chi connectivity index (χ0n) is 19.9. The minimum absolute atomic E-state index is 0.0317. The molecule has 5 nitrogen and oxygen atoms in total. The molecule has 3 rings (SSSR count). The van der Waals surface area contributed by atoms with Crippen molar-refractivity contribution >= 4 is 29.0 Å². The molecule has 6 heteroatoms. The lowest BCUT2D eigenvalue weighted by Crippen LogP contribution is -2.47. The molecule has 0 saturated carbocycles. The van der Waals surface area contributed by atoms with Gasteiger partial charge in [0.1, 0.15) is 6.54 Å². The highest BCUT2D eigenvalue weighted by Gasteiger charge is 2.25. The second kappa shape index (κ2) is 11.7. The Morgan fingerprint density at radius 2 is 1.76 bits per heavy atom. The number of hydrogen-bond acceptors (Lipinski definition) is 3. The summed E-state index contributed by atoms with van der Waals surface area (Å²) in [6.07, 6.45) is 0.761. The Morgan fingerprint density at radius 3 is 2.39 bits per heavy atom. The van der Waals surface area contributed by atoms with E-state index in [4.69, 9.17) is 0 Å². The molecule has 1 N–H and O–H groups in total. The van der Waals surface area contributed by atoms with Crippen molar-refractivity contribution in [3.63, 3.8) is 0 Å². The van der Waals surface area contributed by atoms with Crippen molar-refractivity contribution in [2.45, 2.75) is 53.2 Å². The number of carbonyl (C=O) groups is 2. The maximum atomic E-state index is 13.5. The predicted molar refractivity (Wildman–Crippen MR) is 136 cm³/mol. The van der Waals surface area contributed by atoms with Gasteiger partial charge in [-0.3, -0.25) is 4.79 Å². The van der Waals surface area contributed by atoms with Crippen molar-refractivity contribution in [2.75, 3.05) is 11.9 Å². The summed E-state index contributed by atoms with van der Waals surface area (Å²) in [5.41, 5.74) is 3.98. The molecule has 0 fully saturated rings. The van der Waals surface area contributed by atoms with Crippen molar-refractivity contribution < 1.29 is 9.59 Å². The molecule has 3 amide bonds. The zero-order chi connectivity index (χ0) is 23.8. The van der Waals surface area contributed by atoms with Crippen LogP contribution in [-0.4, -0.2) is 34.3 Å². The molecule has 0 aliphatic rings. The standard InChI is InChI=1S/C27H33N3O2S/c1-5-22(4)30(27(32)28-25-14-13-20(2)16-21(25)3)19-26(31)29(18-24-12-9-15-33-24)17-23-10-7-6-8-11-23/h6-16,22H,5,17-19H2,1-4H3,(H,28,32). The van der Waals surface area contributed by atoms with Crippen molar-refractivity contribution in [1.82, 2.24) is 9.80 Å². The number of hydrogen-bond donors (Lipinski definition) is 1. The maximum absolute atomic E-state index is 13.5. The van der Waals surface area contributed by atoms with Gasteiger partial charge >= 0.3 is 6.03 Å². The van der Waals surface area contributed by atoms with Gasteiger partial charge in [0.2, 0.25) is 5.91 Å². The van der Waals surface area contributed by atoms with Crippen molar-refractivity contribution in [3.05, 3.63) is 87.6 Å². The van der Waals surface area contributed by atoms with Gasteiger partial charge in [0.25, 0.3) is 0 Å². The Bertz CT molecular complexity index is 1050. The van der Waals surface area contributed by atoms with Crippen molar-refractivity contribution in [2.24, 2.45) is 0 Å². The van der Waals surface area contributed by atoms with Crippen molar-refractivity contribution in [3.8, 4) is 0 Å². The van der Waals surface area contributed by atoms with Gasteiger partial charge < -0.3 is 15.1 Å². The molecular weight excluding hydrogens is 430 g/mol. The Balaban J connectivity index is 1.78. The smallest absolute Gasteiger partial charge is 0.322 e. The van der Waals surface area contributed by atoms with Crippen LogP contribution in [0, 0.1) is 13.8 Å². The van der Waals surface area contributed by atoms with Crippen LogP contribution in [0.2, 0.25) is 0 Å². The summed E-state index contributed by atoms with van der Waals surface area (Å²) in [6, 6.07) is 19.6. The van der Waals surface area contributed by atoms with Crippen LogP contribution in [0.5, 0.6) is 0 Å². The fraction of sp³-hybridized carbons (Fsp3) is 0.333. The van der Waals surface area contributed by atoms with E-state index in [1.54, 1.807) is 16.2 Å². The number of nitrogens with one attached hydrogen (secondary N) is 1. The van der Waals surface area contributed by atoms with Crippen LogP contribution in [0.4, 0.5) is 10.5 Å². The lowest BCUT2D eigenvalue weighted by atomic mass is 10.1. The van der Waals surface area contributed by atoms with E-state index in [0.29, 0.717) is 13.1 Å². The Kier molecular flexibility index (Phi) is 8.66. The molecule has 174 valence electrons. The van der Waals surface area contributed by atoms with Gasteiger partial charge in [-0.25, -0.2) is 4.79 Å². The minimum Gasteiger partial charge on any atom is -0.332 e. The number of anilines is 1. The number of benzene rings is 2. The van der Waals surface area contributed by atoms with Gasteiger partial charge in [0.05, 0.1) is 6.54 Å². The normalized spacial score (nSPS) is 11.6. The number of thiophene rings is 1. The van der Waals surface area contributed by atoms with Gasteiger partial charge in [-0.2, -0.15) is 0 Å². The highest BCUT2D eigenvalue weighted by molar-refractivity contribution is 7.09. The summed E-state index contributed by atoms with van der Waals surface area (Å²) in [5.74, 6) is -0.0664. The third-order valence-electron chi connectivity index (χ3n) is 5.81. The molecule has 2 aromatic carbocycles. The average molecular weight is 464 g/mol. The van der Waals surface area contributed by atoms with Crippen LogP contribution in [-0.2, 0) is 17.9 Å². The molecule has 1 atom stereocenters. The molecule has 0 aliphatic heterocycles. The summed E-state index contributed by atoms with van der Waals surface area (Å²) < 4.78 is 0. The number of nitrogens with zero attached hydrogens (tertiary/aromatic N) is 2. The largest absolute Gasteiger partial charge is 0.332 e. The molecule has 3 aromatic rings. The molecule has 0 radical (unpaired) electrons. The first-order valence-electron chi connectivity index (χ1n) is 11.4. The second-order valence-electron chi connectivity index (χ2n) is 8.45. The first-order valence-corrected chi connectivity index (χ1v) is 12.2. The highest BCUT2D eigenvalue weighted by Crippen LogP contribution is 2.19. The number of carbonyl (C=O) groups excluding carboxylic acids is 2. The molecule has 0 bridgehead atoms. The van der Waals surface area contributed by atoms with E-state index in [1.807, 2.05) is 98.6 Å². The van der Waals surface area contributed by atoms with Gasteiger partial charge in [-0.05, 0) is 55.8 Å². The number of amides is 3. The van der Waals surface area contributed by atoms with E-state index in [0.717, 1.165) is 33.7 Å². The van der Waals surface area contributed by atoms with Gasteiger partial charge in [0.15, 0.2) is 0 Å². The van der Waals surface area contributed by atoms with Gasteiger partial charge in [0, 0.05) is 23.2 Å². The molecule has 1 heterocycles. The fourth-order valence-electron chi connectivity index (χ4n) is 3.66. The molecule has 1 unspecified atom stereocenters. The minimum atomic E-state index is -0.250. The van der Waals surface area contributed by atoms with Crippen LogP contribution in [0.3, 0.4) is 0 Å². The van der Waals surface area contributed by atoms with Crippen LogP contribution < -0.4 is 5.32 Å². The predicted octanol–water partition coefficient (Wildman–Crippen LogP) is 6.23. The lowest BCUT2D eigenvalue weighted by Gasteiger charge is -2.31. The topological polar surface area (TPSA) is 52.7 Å². The Labute approximate surface area is 201 Å². The molecule has 33 heavy (non-hydrogen) atoms. The highest BCUT2D eigenvalue weighted by atomic mass is 32.1. The lowest BCUT2D eigenvalue weighted by molar-refractivity contribution is -0.133. The second-order valence-corrected chi connectivity index (χ2v) is 9.48. The van der Waals surface area contributed by atoms with E-state index in [2.05, 4.69) is 5.32 Å². The average Bonchev–Trinajstić information content (AvgIpc) is 3.32. The number of rotatable bonds is 9. The first-order chi connectivity index (χ1) is 15.9. The third-order valence-corrected chi connectivity index (χ3v) is 6.67. The molecule has 1 aromatic heterocycles. The quantitative estimate of drug-likeness (QED) is 0.409. The molecule has 0 spiro atoms. The third kappa shape index (κ3) is 6.93. The Hall–Kier alpha value is -3.12. The van der Waals surface area contributed by atoms with Gasteiger partial charge in [-0.1, -0.05) is 61.0 Å².